The van der Waals surface area contributed by atoms with Crippen LogP contribution in [-0.4, -0.2) is 30.4 Å². The van der Waals surface area contributed by atoms with Crippen molar-refractivity contribution in [3.63, 3.8) is 0 Å². The zero-order valence-corrected chi connectivity index (χ0v) is 18.1. The molecule has 1 saturated carbocycles. The van der Waals surface area contributed by atoms with Crippen LogP contribution in [0.5, 0.6) is 0 Å². The summed E-state index contributed by atoms with van der Waals surface area (Å²) in [5, 5.41) is 0. The maximum Gasteiger partial charge on any atom is 0.201 e. The average molecular weight is 421 g/mol. The Hall–Kier alpha value is -1.05. The lowest BCUT2D eigenvalue weighted by Crippen LogP contribution is -2.70. The Morgan fingerprint density at radius 3 is 2.83 bits per heavy atom. The van der Waals surface area contributed by atoms with Crippen molar-refractivity contribution in [1.29, 1.82) is 0 Å². The summed E-state index contributed by atoms with van der Waals surface area (Å²) in [5.74, 6) is 0.646. The lowest BCUT2D eigenvalue weighted by atomic mass is 9.57. The molecular weight excluding hydrogens is 387 g/mol. The standard InChI is InChI=1S/C24H33FO5/c1-15-7-8-20-16(2)21(10-12-26-14-17-5-4-6-18(25)13-17)27-22-24(20)19(15)9-11-23(3,28-22)29-30-24/h4-6,13,15-16,19-22H,7-12,14H2,1-3H3/t15-,16-,19+,20+,21-,22-,23?,24-/m1/s1. The third-order valence-corrected chi connectivity index (χ3v) is 8.00. The predicted octanol–water partition coefficient (Wildman–Crippen LogP) is 4.98. The molecule has 0 radical (unpaired) electrons. The van der Waals surface area contributed by atoms with E-state index >= 15 is 0 Å². The summed E-state index contributed by atoms with van der Waals surface area (Å²) in [6.07, 6.45) is 4.59. The van der Waals surface area contributed by atoms with Crippen LogP contribution < -0.4 is 0 Å². The fourth-order valence-electron chi connectivity index (χ4n) is 6.33. The summed E-state index contributed by atoms with van der Waals surface area (Å²) < 4.78 is 32.1. The second-order valence-electron chi connectivity index (χ2n) is 9.91. The molecule has 166 valence electrons. The van der Waals surface area contributed by atoms with E-state index in [1.54, 1.807) is 6.07 Å². The molecule has 30 heavy (non-hydrogen) atoms. The Morgan fingerprint density at radius 2 is 2.00 bits per heavy atom. The number of hydrogen-bond acceptors (Lipinski definition) is 5. The highest BCUT2D eigenvalue weighted by atomic mass is 19.1. The van der Waals surface area contributed by atoms with E-state index in [1.165, 1.54) is 18.6 Å². The van der Waals surface area contributed by atoms with E-state index in [0.29, 0.717) is 36.9 Å². The molecule has 4 saturated heterocycles. The molecule has 5 nitrogen and oxygen atoms in total. The number of halogens is 1. The molecule has 1 aliphatic carbocycles. The lowest BCUT2D eigenvalue weighted by molar-refractivity contribution is -0.571. The van der Waals surface area contributed by atoms with E-state index in [4.69, 9.17) is 24.0 Å². The van der Waals surface area contributed by atoms with Gasteiger partial charge in [-0.3, -0.25) is 0 Å². The molecule has 2 bridgehead atoms. The second-order valence-corrected chi connectivity index (χ2v) is 9.91. The minimum absolute atomic E-state index is 0.0405. The molecule has 5 aliphatic rings. The molecular formula is C24H33FO5. The van der Waals surface area contributed by atoms with Gasteiger partial charge in [0.15, 0.2) is 11.9 Å². The topological polar surface area (TPSA) is 46.2 Å². The average Bonchev–Trinajstić information content (AvgIpc) is 2.95. The van der Waals surface area contributed by atoms with Crippen LogP contribution in [0, 0.1) is 29.5 Å². The van der Waals surface area contributed by atoms with Crippen LogP contribution in [0.15, 0.2) is 24.3 Å². The van der Waals surface area contributed by atoms with Crippen LogP contribution in [0.3, 0.4) is 0 Å². The Bertz CT molecular complexity index is 774. The maximum atomic E-state index is 13.3. The molecule has 0 aromatic heterocycles. The van der Waals surface area contributed by atoms with Gasteiger partial charge in [-0.05, 0) is 68.1 Å². The zero-order valence-electron chi connectivity index (χ0n) is 18.1. The SMILES string of the molecule is C[C@H]1[C@@H](CCOCc2cccc(F)c2)O[C@@H]2OC3(C)CC[C@H]4[C@H](C)CC[C@@H]1[C@@]24OO3. The molecule has 8 atom stereocenters. The van der Waals surface area contributed by atoms with Crippen LogP contribution >= 0.6 is 0 Å². The molecule has 6 rings (SSSR count). The van der Waals surface area contributed by atoms with Gasteiger partial charge in [-0.15, -0.1) is 0 Å². The van der Waals surface area contributed by atoms with E-state index in [9.17, 15) is 4.39 Å². The highest BCUT2D eigenvalue weighted by molar-refractivity contribution is 5.15. The normalized spacial score (nSPS) is 45.1. The molecule has 4 heterocycles. The summed E-state index contributed by atoms with van der Waals surface area (Å²) >= 11 is 0. The van der Waals surface area contributed by atoms with Crippen LogP contribution in [0.2, 0.25) is 0 Å². The molecule has 6 heteroatoms. The number of hydrogen-bond donors (Lipinski definition) is 0. The summed E-state index contributed by atoms with van der Waals surface area (Å²) in [6, 6.07) is 6.55. The number of fused-ring (bicyclic) bond motifs is 2. The van der Waals surface area contributed by atoms with Crippen molar-refractivity contribution in [1.82, 2.24) is 0 Å². The quantitative estimate of drug-likeness (QED) is 0.496. The first-order valence-corrected chi connectivity index (χ1v) is 11.4. The first-order chi connectivity index (χ1) is 14.4. The predicted molar refractivity (Wildman–Crippen MR) is 108 cm³/mol. The van der Waals surface area contributed by atoms with E-state index in [0.717, 1.165) is 31.2 Å². The molecule has 1 aromatic rings. The van der Waals surface area contributed by atoms with Crippen LogP contribution in [0.1, 0.15) is 58.4 Å². The Kier molecular flexibility index (Phi) is 5.43. The molecule has 0 amide bonds. The van der Waals surface area contributed by atoms with Crippen molar-refractivity contribution < 1.29 is 28.4 Å². The number of rotatable bonds is 5. The minimum Gasteiger partial charge on any atom is -0.377 e. The Balaban J connectivity index is 1.28. The fraction of sp³-hybridized carbons (Fsp3) is 0.750. The molecule has 0 N–H and O–H groups in total. The summed E-state index contributed by atoms with van der Waals surface area (Å²) in [6.45, 7) is 7.51. The first kappa shape index (κ1) is 20.8. The van der Waals surface area contributed by atoms with Gasteiger partial charge in [0, 0.05) is 18.9 Å². The van der Waals surface area contributed by atoms with Gasteiger partial charge < -0.3 is 14.2 Å². The third-order valence-electron chi connectivity index (χ3n) is 8.00. The van der Waals surface area contributed by atoms with Crippen LogP contribution in [0.4, 0.5) is 4.39 Å². The lowest BCUT2D eigenvalue weighted by Gasteiger charge is -2.60. The van der Waals surface area contributed by atoms with Gasteiger partial charge in [0.25, 0.3) is 0 Å². The van der Waals surface area contributed by atoms with Crippen molar-refractivity contribution in [3.8, 4) is 0 Å². The monoisotopic (exact) mass is 420 g/mol. The second kappa shape index (κ2) is 7.82. The van der Waals surface area contributed by atoms with Gasteiger partial charge in [-0.25, -0.2) is 14.2 Å². The molecule has 1 unspecified atom stereocenters. The smallest absolute Gasteiger partial charge is 0.201 e. The van der Waals surface area contributed by atoms with E-state index in [-0.39, 0.29) is 11.9 Å². The van der Waals surface area contributed by atoms with Gasteiger partial charge in [-0.2, -0.15) is 0 Å². The first-order valence-electron chi connectivity index (χ1n) is 11.4. The van der Waals surface area contributed by atoms with E-state index in [1.807, 2.05) is 13.0 Å². The van der Waals surface area contributed by atoms with Crippen LogP contribution in [0.25, 0.3) is 0 Å². The molecule has 5 fully saturated rings. The molecule has 1 aromatic carbocycles. The zero-order chi connectivity index (χ0) is 20.9. The fourth-order valence-corrected chi connectivity index (χ4v) is 6.33. The molecule has 4 aliphatic heterocycles. The summed E-state index contributed by atoms with van der Waals surface area (Å²) in [5.41, 5.74) is 0.338. The van der Waals surface area contributed by atoms with Crippen molar-refractivity contribution in [3.05, 3.63) is 35.6 Å². The number of ether oxygens (including phenoxy) is 3. The third kappa shape index (κ3) is 3.41. The van der Waals surface area contributed by atoms with Gasteiger partial charge >= 0.3 is 0 Å². The van der Waals surface area contributed by atoms with Crippen molar-refractivity contribution in [2.24, 2.45) is 23.7 Å². The number of benzene rings is 1. The maximum absolute atomic E-state index is 13.3. The largest absolute Gasteiger partial charge is 0.377 e. The summed E-state index contributed by atoms with van der Waals surface area (Å²) in [7, 11) is 0. The van der Waals surface area contributed by atoms with Gasteiger partial charge in [0.05, 0.1) is 12.7 Å². The van der Waals surface area contributed by atoms with Gasteiger partial charge in [0.1, 0.15) is 5.82 Å². The van der Waals surface area contributed by atoms with Crippen molar-refractivity contribution in [2.75, 3.05) is 6.61 Å². The van der Waals surface area contributed by atoms with Crippen molar-refractivity contribution in [2.45, 2.75) is 83.3 Å². The van der Waals surface area contributed by atoms with Crippen molar-refractivity contribution >= 4 is 0 Å². The van der Waals surface area contributed by atoms with E-state index < -0.39 is 17.7 Å². The summed E-state index contributed by atoms with van der Waals surface area (Å²) in [4.78, 5) is 12.0. The van der Waals surface area contributed by atoms with Gasteiger partial charge in [0.2, 0.25) is 5.79 Å². The molecule has 1 spiro atoms. The van der Waals surface area contributed by atoms with Gasteiger partial charge in [-0.1, -0.05) is 26.0 Å². The van der Waals surface area contributed by atoms with Crippen LogP contribution in [-0.2, 0) is 30.6 Å². The Labute approximate surface area is 178 Å². The highest BCUT2D eigenvalue weighted by Crippen LogP contribution is 2.60. The highest BCUT2D eigenvalue weighted by Gasteiger charge is 2.69. The Morgan fingerprint density at radius 1 is 1.13 bits per heavy atom. The van der Waals surface area contributed by atoms with E-state index in [2.05, 4.69) is 13.8 Å². The minimum atomic E-state index is -0.740.